The van der Waals surface area contributed by atoms with E-state index in [-0.39, 0.29) is 24.9 Å². The number of nitrogens with zero attached hydrogens (tertiary/aromatic N) is 2. The zero-order valence-electron chi connectivity index (χ0n) is 17.7. The van der Waals surface area contributed by atoms with Crippen LogP contribution in [0.5, 0.6) is 17.4 Å². The van der Waals surface area contributed by atoms with Gasteiger partial charge in [0, 0.05) is 24.9 Å². The molecule has 31 heavy (non-hydrogen) atoms. The molecule has 0 aliphatic heterocycles. The third kappa shape index (κ3) is 6.05. The third-order valence-corrected chi connectivity index (χ3v) is 4.36. The molecule has 3 aromatic rings. The van der Waals surface area contributed by atoms with Crippen molar-refractivity contribution in [2.45, 2.75) is 25.9 Å². The van der Waals surface area contributed by atoms with Gasteiger partial charge in [0.2, 0.25) is 0 Å². The molecule has 0 fully saturated rings. The summed E-state index contributed by atoms with van der Waals surface area (Å²) in [7, 11) is 1.50. The van der Waals surface area contributed by atoms with E-state index in [0.717, 1.165) is 5.56 Å². The molecule has 1 N–H and O–H groups in total. The van der Waals surface area contributed by atoms with Crippen LogP contribution in [0.25, 0.3) is 5.69 Å². The van der Waals surface area contributed by atoms with E-state index in [0.29, 0.717) is 23.6 Å². The lowest BCUT2D eigenvalue weighted by molar-refractivity contribution is 0.0276. The van der Waals surface area contributed by atoms with Crippen molar-refractivity contribution in [3.05, 3.63) is 76.6 Å². The van der Waals surface area contributed by atoms with Crippen molar-refractivity contribution >= 4 is 0 Å². The monoisotopic (exact) mass is 428 g/mol. The highest BCUT2D eigenvalue weighted by atomic mass is 19.1. The second-order valence-corrected chi connectivity index (χ2v) is 7.57. The Morgan fingerprint density at radius 2 is 1.84 bits per heavy atom. The van der Waals surface area contributed by atoms with Crippen molar-refractivity contribution < 1.29 is 23.7 Å². The Morgan fingerprint density at radius 3 is 2.52 bits per heavy atom. The summed E-state index contributed by atoms with van der Waals surface area (Å²) >= 11 is 0. The molecule has 0 aliphatic carbocycles. The summed E-state index contributed by atoms with van der Waals surface area (Å²) in [6.45, 7) is 3.60. The van der Waals surface area contributed by atoms with Crippen LogP contribution in [0.2, 0.25) is 0 Å². The van der Waals surface area contributed by atoms with Crippen molar-refractivity contribution in [1.29, 1.82) is 0 Å². The Hall–Kier alpha value is -3.39. The third-order valence-electron chi connectivity index (χ3n) is 4.36. The molecular weight excluding hydrogens is 403 g/mol. The van der Waals surface area contributed by atoms with Gasteiger partial charge in [0.15, 0.2) is 11.5 Å². The number of benzene rings is 2. The number of aromatic nitrogens is 2. The van der Waals surface area contributed by atoms with Gasteiger partial charge in [0.05, 0.1) is 25.0 Å². The Morgan fingerprint density at radius 1 is 1.10 bits per heavy atom. The first-order valence-electron chi connectivity index (χ1n) is 9.75. The van der Waals surface area contributed by atoms with Gasteiger partial charge in [0.1, 0.15) is 12.4 Å². The number of hydrogen-bond acceptors (Lipinski definition) is 6. The number of ether oxygens (including phenoxy) is 3. The number of methoxy groups -OCH3 is 1. The van der Waals surface area contributed by atoms with E-state index in [2.05, 4.69) is 4.98 Å². The van der Waals surface area contributed by atoms with Gasteiger partial charge in [-0.25, -0.2) is 9.37 Å². The molecule has 0 spiro atoms. The number of hydrogen-bond donors (Lipinski definition) is 1. The topological polar surface area (TPSA) is 82.8 Å². The van der Waals surface area contributed by atoms with E-state index in [1.165, 1.54) is 36.2 Å². The van der Waals surface area contributed by atoms with Crippen molar-refractivity contribution in [1.82, 2.24) is 9.55 Å². The summed E-state index contributed by atoms with van der Waals surface area (Å²) in [6.07, 6.45) is 3.51. The first-order valence-corrected chi connectivity index (χ1v) is 9.75. The highest BCUT2D eigenvalue weighted by Crippen LogP contribution is 2.30. The number of aliphatic hydroxyl groups is 1. The maximum absolute atomic E-state index is 13.0. The molecule has 0 amide bonds. The van der Waals surface area contributed by atoms with Crippen LogP contribution in [-0.4, -0.2) is 40.6 Å². The van der Waals surface area contributed by atoms with Crippen molar-refractivity contribution in [2.24, 2.45) is 0 Å². The lowest BCUT2D eigenvalue weighted by Gasteiger charge is -2.19. The molecule has 0 radical (unpaired) electrons. The summed E-state index contributed by atoms with van der Waals surface area (Å²) in [4.78, 5) is 16.8. The zero-order valence-corrected chi connectivity index (χ0v) is 17.7. The van der Waals surface area contributed by atoms with Gasteiger partial charge in [-0.3, -0.25) is 9.36 Å². The van der Waals surface area contributed by atoms with Crippen LogP contribution in [0.15, 0.2) is 59.7 Å². The smallest absolute Gasteiger partial charge is 0.317 e. The average molecular weight is 428 g/mol. The van der Waals surface area contributed by atoms with E-state index in [4.69, 9.17) is 14.2 Å². The van der Waals surface area contributed by atoms with Gasteiger partial charge in [-0.05, 0) is 43.7 Å². The van der Waals surface area contributed by atoms with E-state index in [1.54, 1.807) is 44.2 Å². The van der Waals surface area contributed by atoms with Crippen molar-refractivity contribution in [3.63, 3.8) is 0 Å². The summed E-state index contributed by atoms with van der Waals surface area (Å²) in [5, 5.41) is 9.85. The lowest BCUT2D eigenvalue weighted by atomic mass is 10.2. The van der Waals surface area contributed by atoms with Gasteiger partial charge in [0.25, 0.3) is 5.88 Å². The Bertz CT molecular complexity index is 1070. The Labute approximate surface area is 179 Å². The maximum atomic E-state index is 13.0. The predicted molar refractivity (Wildman–Crippen MR) is 114 cm³/mol. The first kappa shape index (κ1) is 22.3. The van der Waals surface area contributed by atoms with E-state index >= 15 is 0 Å². The minimum Gasteiger partial charge on any atom is -0.493 e. The van der Waals surface area contributed by atoms with Crippen LogP contribution in [0.3, 0.4) is 0 Å². The van der Waals surface area contributed by atoms with Gasteiger partial charge in [-0.2, -0.15) is 0 Å². The minimum atomic E-state index is -0.994. The quantitative estimate of drug-likeness (QED) is 0.564. The van der Waals surface area contributed by atoms with Gasteiger partial charge >= 0.3 is 5.56 Å². The van der Waals surface area contributed by atoms with E-state index < -0.39 is 11.2 Å². The van der Waals surface area contributed by atoms with Crippen LogP contribution < -0.4 is 19.8 Å². The van der Waals surface area contributed by atoms with E-state index in [1.807, 2.05) is 0 Å². The first-order chi connectivity index (χ1) is 14.8. The molecule has 1 heterocycles. The van der Waals surface area contributed by atoms with Crippen LogP contribution >= 0.6 is 0 Å². The highest BCUT2D eigenvalue weighted by molar-refractivity contribution is 5.49. The highest BCUT2D eigenvalue weighted by Gasteiger charge is 2.16. The molecule has 0 saturated heterocycles. The zero-order chi connectivity index (χ0) is 22.4. The molecule has 0 aliphatic rings. The largest absolute Gasteiger partial charge is 0.493 e. The molecule has 2 aromatic carbocycles. The second kappa shape index (κ2) is 9.61. The SMILES string of the molecule is COc1cc(-n2ccnc(OCCc3ccc(F)cc3)c2=O)ccc1OCC(C)(C)O. The lowest BCUT2D eigenvalue weighted by Crippen LogP contribution is -2.28. The summed E-state index contributed by atoms with van der Waals surface area (Å²) in [5.41, 5.74) is 0.0207. The Kier molecular flexibility index (Phi) is 6.91. The normalized spacial score (nSPS) is 11.3. The van der Waals surface area contributed by atoms with Crippen LogP contribution in [0, 0.1) is 5.82 Å². The van der Waals surface area contributed by atoms with Crippen LogP contribution in [0.4, 0.5) is 4.39 Å². The molecule has 8 heteroatoms. The predicted octanol–water partition coefficient (Wildman–Crippen LogP) is 3.15. The molecule has 0 saturated carbocycles. The van der Waals surface area contributed by atoms with Gasteiger partial charge < -0.3 is 19.3 Å². The van der Waals surface area contributed by atoms with Gasteiger partial charge in [-0.15, -0.1) is 0 Å². The molecule has 3 rings (SSSR count). The standard InChI is InChI=1S/C23H25FN2O5/c1-23(2,28)15-31-19-9-8-18(14-20(19)29-3)26-12-11-25-21(22(26)27)30-13-10-16-4-6-17(24)7-5-16/h4-9,11-12,14,28H,10,13,15H2,1-3H3. The number of halogens is 1. The second-order valence-electron chi connectivity index (χ2n) is 7.57. The molecule has 0 bridgehead atoms. The van der Waals surface area contributed by atoms with Crippen LogP contribution in [-0.2, 0) is 6.42 Å². The van der Waals surface area contributed by atoms with Crippen molar-refractivity contribution in [2.75, 3.05) is 20.3 Å². The number of rotatable bonds is 9. The maximum Gasteiger partial charge on any atom is 0.317 e. The molecule has 164 valence electrons. The molecule has 1 aromatic heterocycles. The fraction of sp³-hybridized carbons (Fsp3) is 0.304. The Balaban J connectivity index is 1.75. The molecule has 7 nitrogen and oxygen atoms in total. The van der Waals surface area contributed by atoms with Crippen molar-refractivity contribution in [3.8, 4) is 23.1 Å². The fourth-order valence-electron chi connectivity index (χ4n) is 2.79. The van der Waals surface area contributed by atoms with Gasteiger partial charge in [-0.1, -0.05) is 12.1 Å². The fourth-order valence-corrected chi connectivity index (χ4v) is 2.79. The van der Waals surface area contributed by atoms with Crippen LogP contribution in [0.1, 0.15) is 19.4 Å². The minimum absolute atomic E-state index is 0.0362. The summed E-state index contributed by atoms with van der Waals surface area (Å²) in [5.74, 6) is 0.533. The van der Waals surface area contributed by atoms with E-state index in [9.17, 15) is 14.3 Å². The molecule has 0 atom stereocenters. The summed E-state index contributed by atoms with van der Waals surface area (Å²) in [6, 6.07) is 11.1. The summed E-state index contributed by atoms with van der Waals surface area (Å²) < 4.78 is 30.9. The molecular formula is C23H25FN2O5. The molecule has 0 unspecified atom stereocenters. The average Bonchev–Trinajstić information content (AvgIpc) is 2.74.